The Bertz CT molecular complexity index is 656. The second kappa shape index (κ2) is 7.47. The molecule has 1 aromatic rings. The van der Waals surface area contributed by atoms with Gasteiger partial charge in [0.15, 0.2) is 0 Å². The number of fused-ring (bicyclic) bond motifs is 2. The lowest BCUT2D eigenvalue weighted by molar-refractivity contribution is -0.123. The van der Waals surface area contributed by atoms with Gasteiger partial charge in [0.05, 0.1) is 12.5 Å². The molecule has 3 rings (SSSR count). The number of amides is 2. The minimum absolute atomic E-state index is 0.0820. The molecule has 7 heteroatoms. The van der Waals surface area contributed by atoms with Gasteiger partial charge in [0.2, 0.25) is 11.8 Å². The Labute approximate surface area is 145 Å². The quantitative estimate of drug-likeness (QED) is 0.759. The Kier molecular flexibility index (Phi) is 5.32. The number of carbonyl (C=O) groups is 2. The van der Waals surface area contributed by atoms with Gasteiger partial charge < -0.3 is 16.0 Å². The maximum absolute atomic E-state index is 14.0. The molecule has 0 spiro atoms. The summed E-state index contributed by atoms with van der Waals surface area (Å²) in [5, 5.41) is 9.08. The fourth-order valence-electron chi connectivity index (χ4n) is 3.92. The van der Waals surface area contributed by atoms with Crippen LogP contribution in [-0.2, 0) is 9.59 Å². The van der Waals surface area contributed by atoms with Crippen LogP contribution in [0.25, 0.3) is 0 Å². The Morgan fingerprint density at radius 2 is 1.92 bits per heavy atom. The van der Waals surface area contributed by atoms with Gasteiger partial charge in [-0.05, 0) is 31.7 Å². The molecule has 1 aromatic carbocycles. The number of hydrogen-bond donors (Lipinski definition) is 3. The fourth-order valence-corrected chi connectivity index (χ4v) is 3.92. The first-order valence-corrected chi connectivity index (χ1v) is 8.68. The van der Waals surface area contributed by atoms with Gasteiger partial charge in [0.25, 0.3) is 0 Å². The Balaban J connectivity index is 1.65. The zero-order valence-electron chi connectivity index (χ0n) is 14.1. The van der Waals surface area contributed by atoms with Gasteiger partial charge >= 0.3 is 0 Å². The largest absolute Gasteiger partial charge is 0.353 e. The molecule has 2 aliphatic rings. The molecule has 0 aliphatic carbocycles. The van der Waals surface area contributed by atoms with Gasteiger partial charge in [-0.2, -0.15) is 0 Å². The van der Waals surface area contributed by atoms with Crippen LogP contribution in [0.15, 0.2) is 18.2 Å². The molecule has 2 bridgehead atoms. The monoisotopic (exact) mass is 351 g/mol. The molecule has 3 N–H and O–H groups in total. The third-order valence-electron chi connectivity index (χ3n) is 4.94. The molecule has 25 heavy (non-hydrogen) atoms. The number of hydrogen-bond acceptors (Lipinski definition) is 3. The van der Waals surface area contributed by atoms with Crippen molar-refractivity contribution < 1.29 is 18.4 Å². The lowest BCUT2D eigenvalue weighted by Gasteiger charge is -2.30. The minimum atomic E-state index is -0.823. The summed E-state index contributed by atoms with van der Waals surface area (Å²) in [5.74, 6) is -2.08. The summed E-state index contributed by atoms with van der Waals surface area (Å²) in [6.45, 7) is 1.30. The Morgan fingerprint density at radius 3 is 2.52 bits per heavy atom. The number of halogens is 2. The molecule has 2 amide bonds. The van der Waals surface area contributed by atoms with Crippen molar-refractivity contribution in [1.82, 2.24) is 16.0 Å². The van der Waals surface area contributed by atoms with Crippen LogP contribution < -0.4 is 16.0 Å². The van der Waals surface area contributed by atoms with E-state index in [0.717, 1.165) is 37.8 Å². The van der Waals surface area contributed by atoms with E-state index in [1.807, 2.05) is 0 Å². The van der Waals surface area contributed by atoms with E-state index in [-0.39, 0.29) is 29.8 Å². The zero-order valence-corrected chi connectivity index (χ0v) is 14.1. The maximum atomic E-state index is 14.0. The number of benzene rings is 1. The summed E-state index contributed by atoms with van der Waals surface area (Å²) in [6, 6.07) is 3.32. The zero-order chi connectivity index (χ0) is 18.0. The molecule has 2 aliphatic heterocycles. The summed E-state index contributed by atoms with van der Waals surface area (Å²) in [7, 11) is 0. The van der Waals surface area contributed by atoms with Crippen LogP contribution in [0.2, 0.25) is 0 Å². The molecule has 2 heterocycles. The molecule has 5 nitrogen and oxygen atoms in total. The van der Waals surface area contributed by atoms with Gasteiger partial charge in [-0.15, -0.1) is 0 Å². The molecule has 0 radical (unpaired) electrons. The van der Waals surface area contributed by atoms with Crippen LogP contribution in [0, 0.1) is 11.6 Å². The normalized spacial score (nSPS) is 26.1. The average Bonchev–Trinajstić information content (AvgIpc) is 2.85. The van der Waals surface area contributed by atoms with E-state index in [1.54, 1.807) is 0 Å². The van der Waals surface area contributed by atoms with Crippen molar-refractivity contribution in [2.75, 3.05) is 0 Å². The molecule has 0 saturated carbocycles. The number of nitrogens with one attached hydrogen (secondary N) is 3. The molecule has 0 aromatic heterocycles. The van der Waals surface area contributed by atoms with E-state index >= 15 is 0 Å². The molecule has 2 fully saturated rings. The third kappa shape index (κ3) is 4.54. The smallest absolute Gasteiger partial charge is 0.222 e. The van der Waals surface area contributed by atoms with Crippen molar-refractivity contribution in [1.29, 1.82) is 0 Å². The molecular formula is C18H23F2N3O2. The van der Waals surface area contributed by atoms with Crippen molar-refractivity contribution in [2.45, 2.75) is 63.2 Å². The van der Waals surface area contributed by atoms with Crippen molar-refractivity contribution in [2.24, 2.45) is 0 Å². The van der Waals surface area contributed by atoms with Crippen LogP contribution >= 0.6 is 0 Å². The van der Waals surface area contributed by atoms with E-state index < -0.39 is 17.7 Å². The van der Waals surface area contributed by atoms with Gasteiger partial charge in [0.1, 0.15) is 11.6 Å². The summed E-state index contributed by atoms with van der Waals surface area (Å²) >= 11 is 0. The summed E-state index contributed by atoms with van der Waals surface area (Å²) in [4.78, 5) is 23.8. The SMILES string of the molecule is CC(=O)NC(CC(=O)NC1CC2CCC(C1)N2)c1ccc(F)cc1F. The van der Waals surface area contributed by atoms with Gasteiger partial charge in [-0.25, -0.2) is 8.78 Å². The van der Waals surface area contributed by atoms with Gasteiger partial charge in [-0.1, -0.05) is 6.07 Å². The van der Waals surface area contributed by atoms with Crippen LogP contribution in [0.1, 0.15) is 50.6 Å². The highest BCUT2D eigenvalue weighted by Gasteiger charge is 2.34. The topological polar surface area (TPSA) is 70.2 Å². The highest BCUT2D eigenvalue weighted by molar-refractivity contribution is 5.79. The van der Waals surface area contributed by atoms with Crippen molar-refractivity contribution in [3.63, 3.8) is 0 Å². The van der Waals surface area contributed by atoms with E-state index in [0.29, 0.717) is 12.1 Å². The van der Waals surface area contributed by atoms with Gasteiger partial charge in [-0.3, -0.25) is 9.59 Å². The van der Waals surface area contributed by atoms with E-state index in [2.05, 4.69) is 16.0 Å². The second-order valence-electron chi connectivity index (χ2n) is 7.00. The minimum Gasteiger partial charge on any atom is -0.353 e. The highest BCUT2D eigenvalue weighted by atomic mass is 19.1. The lowest BCUT2D eigenvalue weighted by Crippen LogP contribution is -2.48. The highest BCUT2D eigenvalue weighted by Crippen LogP contribution is 2.27. The average molecular weight is 351 g/mol. The Hall–Kier alpha value is -2.02. The Morgan fingerprint density at radius 1 is 1.24 bits per heavy atom. The number of rotatable bonds is 5. The maximum Gasteiger partial charge on any atom is 0.222 e. The van der Waals surface area contributed by atoms with Crippen molar-refractivity contribution in [3.05, 3.63) is 35.4 Å². The first-order valence-electron chi connectivity index (χ1n) is 8.68. The fraction of sp³-hybridized carbons (Fsp3) is 0.556. The summed E-state index contributed by atoms with van der Waals surface area (Å²) in [5.41, 5.74) is 0.108. The lowest BCUT2D eigenvalue weighted by atomic mass is 9.98. The standard InChI is InChI=1S/C18H23F2N3O2/c1-10(24)21-17(15-5-2-11(19)6-16(15)20)9-18(25)23-14-7-12-3-4-13(8-14)22-12/h2,5-6,12-14,17,22H,3-4,7-9H2,1H3,(H,21,24)(H,23,25). The van der Waals surface area contributed by atoms with Crippen LogP contribution in [0.4, 0.5) is 8.78 Å². The third-order valence-corrected chi connectivity index (χ3v) is 4.94. The predicted octanol–water partition coefficient (Wildman–Crippen LogP) is 1.93. The number of piperidine rings is 1. The molecule has 3 unspecified atom stereocenters. The molecular weight excluding hydrogens is 328 g/mol. The van der Waals surface area contributed by atoms with E-state index in [1.165, 1.54) is 13.0 Å². The van der Waals surface area contributed by atoms with Crippen LogP contribution in [0.5, 0.6) is 0 Å². The van der Waals surface area contributed by atoms with Crippen LogP contribution in [0.3, 0.4) is 0 Å². The van der Waals surface area contributed by atoms with Crippen LogP contribution in [-0.4, -0.2) is 29.9 Å². The van der Waals surface area contributed by atoms with Gasteiger partial charge in [0, 0.05) is 36.7 Å². The number of carbonyl (C=O) groups excluding carboxylic acids is 2. The van der Waals surface area contributed by atoms with E-state index in [9.17, 15) is 18.4 Å². The molecule has 136 valence electrons. The summed E-state index contributed by atoms with van der Waals surface area (Å²) < 4.78 is 27.2. The van der Waals surface area contributed by atoms with Crippen molar-refractivity contribution >= 4 is 11.8 Å². The summed E-state index contributed by atoms with van der Waals surface area (Å²) in [6.07, 6.45) is 3.95. The molecule has 3 atom stereocenters. The van der Waals surface area contributed by atoms with E-state index in [4.69, 9.17) is 0 Å². The first-order chi connectivity index (χ1) is 11.9. The predicted molar refractivity (Wildman–Crippen MR) is 88.6 cm³/mol. The van der Waals surface area contributed by atoms with Crippen molar-refractivity contribution in [3.8, 4) is 0 Å². The molecule has 2 saturated heterocycles. The second-order valence-corrected chi connectivity index (χ2v) is 7.00. The first kappa shape index (κ1) is 17.8.